The number of carbonyl (C=O) groups is 1. The molecule has 0 aromatic carbocycles. The summed E-state index contributed by atoms with van der Waals surface area (Å²) in [5.74, 6) is 0.724. The van der Waals surface area contributed by atoms with Crippen LogP contribution in [0.2, 0.25) is 0 Å². The van der Waals surface area contributed by atoms with Crippen LogP contribution in [-0.4, -0.2) is 37.2 Å². The molecule has 2 aromatic heterocycles. The van der Waals surface area contributed by atoms with Gasteiger partial charge in [0.05, 0.1) is 0 Å². The smallest absolute Gasteiger partial charge is 0.220 e. The zero-order valence-corrected chi connectivity index (χ0v) is 14.5. The number of aryl methyl sites for hydroxylation is 1. The lowest BCUT2D eigenvalue weighted by Crippen LogP contribution is -2.32. The zero-order valence-electron chi connectivity index (χ0n) is 14.5. The van der Waals surface area contributed by atoms with Crippen molar-refractivity contribution in [3.8, 4) is 0 Å². The molecule has 0 saturated carbocycles. The van der Waals surface area contributed by atoms with E-state index in [1.54, 1.807) is 23.4 Å². The number of carbonyl (C=O) groups excluding carboxylic acids is 1. The summed E-state index contributed by atoms with van der Waals surface area (Å²) in [5.41, 5.74) is 0.495. The van der Waals surface area contributed by atoms with Crippen molar-refractivity contribution >= 4 is 5.91 Å². The minimum absolute atomic E-state index is 0.00627. The van der Waals surface area contributed by atoms with E-state index in [9.17, 15) is 4.79 Å². The summed E-state index contributed by atoms with van der Waals surface area (Å²) < 4.78 is 7.57. The Kier molecular flexibility index (Phi) is 5.70. The number of hydrogen-bond donors (Lipinski definition) is 1. The number of hydrogen-bond acceptors (Lipinski definition) is 6. The highest BCUT2D eigenvalue weighted by Gasteiger charge is 2.32. The van der Waals surface area contributed by atoms with Gasteiger partial charge in [-0.15, -0.1) is 0 Å². The first-order chi connectivity index (χ1) is 12.2. The molecule has 1 saturated heterocycles. The van der Waals surface area contributed by atoms with Crippen molar-refractivity contribution in [3.63, 3.8) is 0 Å². The molecule has 3 heterocycles. The maximum Gasteiger partial charge on any atom is 0.220 e. The molecule has 134 valence electrons. The van der Waals surface area contributed by atoms with E-state index in [2.05, 4.69) is 25.4 Å². The quantitative estimate of drug-likeness (QED) is 0.819. The molecule has 1 aliphatic rings. The number of nitrogens with one attached hydrogen (secondary N) is 1. The number of ether oxygens (including phenoxy) is 1. The van der Waals surface area contributed by atoms with Crippen molar-refractivity contribution < 1.29 is 9.53 Å². The van der Waals surface area contributed by atoms with Gasteiger partial charge in [0.25, 0.3) is 0 Å². The average Bonchev–Trinajstić information content (AvgIpc) is 3.14. The van der Waals surface area contributed by atoms with E-state index in [1.807, 2.05) is 6.92 Å². The Morgan fingerprint density at radius 1 is 1.36 bits per heavy atom. The second-order valence-corrected chi connectivity index (χ2v) is 6.49. The fraction of sp³-hybridized carbons (Fsp3) is 0.588. The Hall–Kier alpha value is -2.35. The van der Waals surface area contributed by atoms with Crippen LogP contribution in [0.4, 0.5) is 0 Å². The van der Waals surface area contributed by atoms with Gasteiger partial charge in [-0.3, -0.25) is 9.48 Å². The molecule has 1 aliphatic heterocycles. The van der Waals surface area contributed by atoms with Gasteiger partial charge in [0, 0.05) is 44.1 Å². The minimum atomic E-state index is -0.388. The Balaban J connectivity index is 1.42. The molecule has 25 heavy (non-hydrogen) atoms. The summed E-state index contributed by atoms with van der Waals surface area (Å²) in [6.45, 7) is 3.91. The standard InChI is InChI=1S/C17H24N6O2/c1-17(6-2-3-8-25-17)16-20-10-14(11-21-16)9-19-15(24)5-4-7-23-13-18-12-22-23/h10-13H,2-9H2,1H3,(H,19,24)/t17-/m1/s1. The minimum Gasteiger partial charge on any atom is -0.367 e. The predicted octanol–water partition coefficient (Wildman–Crippen LogP) is 1.58. The molecular weight excluding hydrogens is 320 g/mol. The fourth-order valence-electron chi connectivity index (χ4n) is 2.87. The third kappa shape index (κ3) is 4.82. The lowest BCUT2D eigenvalue weighted by molar-refractivity contribution is -0.121. The highest BCUT2D eigenvalue weighted by Crippen LogP contribution is 2.32. The number of nitrogens with zero attached hydrogens (tertiary/aromatic N) is 5. The van der Waals surface area contributed by atoms with E-state index in [1.165, 1.54) is 6.33 Å². The normalized spacial score (nSPS) is 20.4. The summed E-state index contributed by atoms with van der Waals surface area (Å²) in [6.07, 6.45) is 11.0. The van der Waals surface area contributed by atoms with Gasteiger partial charge in [-0.05, 0) is 32.6 Å². The van der Waals surface area contributed by atoms with Gasteiger partial charge in [-0.25, -0.2) is 15.0 Å². The topological polar surface area (TPSA) is 94.8 Å². The number of aromatic nitrogens is 5. The monoisotopic (exact) mass is 344 g/mol. The largest absolute Gasteiger partial charge is 0.367 e. The van der Waals surface area contributed by atoms with Gasteiger partial charge < -0.3 is 10.1 Å². The zero-order chi connectivity index (χ0) is 17.5. The van der Waals surface area contributed by atoms with Crippen LogP contribution >= 0.6 is 0 Å². The SMILES string of the molecule is C[C@]1(c2ncc(CNC(=O)CCCn3cncn3)cn2)CCCCO1. The van der Waals surface area contributed by atoms with Crippen LogP contribution in [-0.2, 0) is 28.2 Å². The summed E-state index contributed by atoms with van der Waals surface area (Å²) in [6, 6.07) is 0. The lowest BCUT2D eigenvalue weighted by Gasteiger charge is -2.32. The predicted molar refractivity (Wildman–Crippen MR) is 90.3 cm³/mol. The maximum absolute atomic E-state index is 11.9. The third-order valence-electron chi connectivity index (χ3n) is 4.39. The first kappa shape index (κ1) is 17.5. The highest BCUT2D eigenvalue weighted by molar-refractivity contribution is 5.75. The maximum atomic E-state index is 11.9. The van der Waals surface area contributed by atoms with E-state index in [-0.39, 0.29) is 11.5 Å². The molecular formula is C17H24N6O2. The molecule has 8 nitrogen and oxygen atoms in total. The Morgan fingerprint density at radius 2 is 2.20 bits per heavy atom. The van der Waals surface area contributed by atoms with Gasteiger partial charge in [-0.1, -0.05) is 0 Å². The molecule has 0 radical (unpaired) electrons. The highest BCUT2D eigenvalue weighted by atomic mass is 16.5. The fourth-order valence-corrected chi connectivity index (χ4v) is 2.87. The van der Waals surface area contributed by atoms with Crippen molar-refractivity contribution in [2.75, 3.05) is 6.61 Å². The van der Waals surface area contributed by atoms with Gasteiger partial charge in [0.2, 0.25) is 5.91 Å². The molecule has 0 spiro atoms. The van der Waals surface area contributed by atoms with Crippen LogP contribution in [0.3, 0.4) is 0 Å². The molecule has 1 fully saturated rings. The first-order valence-corrected chi connectivity index (χ1v) is 8.70. The van der Waals surface area contributed by atoms with Crippen LogP contribution in [0.1, 0.15) is 50.4 Å². The van der Waals surface area contributed by atoms with E-state index in [0.29, 0.717) is 19.5 Å². The number of amides is 1. The van der Waals surface area contributed by atoms with Crippen LogP contribution in [0, 0.1) is 0 Å². The molecule has 0 bridgehead atoms. The Bertz CT molecular complexity index is 665. The van der Waals surface area contributed by atoms with Crippen molar-refractivity contribution in [1.82, 2.24) is 30.0 Å². The van der Waals surface area contributed by atoms with Gasteiger partial charge >= 0.3 is 0 Å². The van der Waals surface area contributed by atoms with Crippen LogP contribution in [0.25, 0.3) is 0 Å². The molecule has 1 amide bonds. The van der Waals surface area contributed by atoms with E-state index < -0.39 is 0 Å². The van der Waals surface area contributed by atoms with E-state index in [4.69, 9.17) is 4.74 Å². The summed E-state index contributed by atoms with van der Waals surface area (Å²) in [4.78, 5) is 24.6. The van der Waals surface area contributed by atoms with Gasteiger partial charge in [-0.2, -0.15) is 5.10 Å². The number of rotatable bonds is 7. The van der Waals surface area contributed by atoms with Crippen molar-refractivity contribution in [2.45, 2.75) is 57.7 Å². The Labute approximate surface area is 147 Å². The third-order valence-corrected chi connectivity index (χ3v) is 4.39. The summed E-state index contributed by atoms with van der Waals surface area (Å²) >= 11 is 0. The van der Waals surface area contributed by atoms with Crippen LogP contribution < -0.4 is 5.32 Å². The molecule has 3 rings (SSSR count). The van der Waals surface area contributed by atoms with E-state index in [0.717, 1.165) is 43.7 Å². The van der Waals surface area contributed by atoms with Crippen molar-refractivity contribution in [3.05, 3.63) is 36.4 Å². The Morgan fingerprint density at radius 3 is 2.88 bits per heavy atom. The van der Waals surface area contributed by atoms with E-state index >= 15 is 0 Å². The van der Waals surface area contributed by atoms with Crippen LogP contribution in [0.5, 0.6) is 0 Å². The van der Waals surface area contributed by atoms with Crippen LogP contribution in [0.15, 0.2) is 25.0 Å². The second kappa shape index (κ2) is 8.15. The van der Waals surface area contributed by atoms with Crippen molar-refractivity contribution in [2.24, 2.45) is 0 Å². The molecule has 0 unspecified atom stereocenters. The summed E-state index contributed by atoms with van der Waals surface area (Å²) in [7, 11) is 0. The summed E-state index contributed by atoms with van der Waals surface area (Å²) in [5, 5.41) is 6.90. The molecule has 0 aliphatic carbocycles. The first-order valence-electron chi connectivity index (χ1n) is 8.70. The molecule has 2 aromatic rings. The molecule has 8 heteroatoms. The molecule has 1 atom stereocenters. The second-order valence-electron chi connectivity index (χ2n) is 6.49. The van der Waals surface area contributed by atoms with Gasteiger partial charge in [0.1, 0.15) is 18.3 Å². The average molecular weight is 344 g/mol. The van der Waals surface area contributed by atoms with Gasteiger partial charge in [0.15, 0.2) is 5.82 Å². The lowest BCUT2D eigenvalue weighted by atomic mass is 9.95. The molecule has 1 N–H and O–H groups in total. The van der Waals surface area contributed by atoms with Crippen molar-refractivity contribution in [1.29, 1.82) is 0 Å².